The van der Waals surface area contributed by atoms with Gasteiger partial charge < -0.3 is 33.2 Å². The van der Waals surface area contributed by atoms with Crippen molar-refractivity contribution in [2.24, 2.45) is 0 Å². The second-order valence-corrected chi connectivity index (χ2v) is 5.11. The number of carbonyl (C=O) groups is 1. The van der Waals surface area contributed by atoms with Gasteiger partial charge in [-0.3, -0.25) is 0 Å². The third kappa shape index (κ3) is 5.90. The van der Waals surface area contributed by atoms with Gasteiger partial charge in [0, 0.05) is 31.4 Å². The van der Waals surface area contributed by atoms with Crippen molar-refractivity contribution in [1.82, 2.24) is 0 Å². The zero-order valence-corrected chi connectivity index (χ0v) is 16.5. The minimum Gasteiger partial charge on any atom is -0.490 e. The quantitative estimate of drug-likeness (QED) is 0.250. The van der Waals surface area contributed by atoms with E-state index in [-0.39, 0.29) is 13.6 Å². The molecule has 1 aromatic rings. The van der Waals surface area contributed by atoms with Crippen LogP contribution in [0.4, 0.5) is 0 Å². The summed E-state index contributed by atoms with van der Waals surface area (Å²) in [7, 11) is 7.35. The van der Waals surface area contributed by atoms with Gasteiger partial charge in [-0.1, -0.05) is 18.2 Å². The molecule has 0 aliphatic carbocycles. The summed E-state index contributed by atoms with van der Waals surface area (Å²) >= 11 is 0. The van der Waals surface area contributed by atoms with Crippen LogP contribution in [-0.4, -0.2) is 55.1 Å². The number of carbonyl (C=O) groups excluding carboxylic acids is 1. The highest BCUT2D eigenvalue weighted by Gasteiger charge is 2.25. The molecule has 0 bridgehead atoms. The van der Waals surface area contributed by atoms with Gasteiger partial charge in [0.15, 0.2) is 25.1 Å². The highest BCUT2D eigenvalue weighted by atomic mass is 16.7. The summed E-state index contributed by atoms with van der Waals surface area (Å²) in [5.74, 6) is 1.14. The third-order valence-electron chi connectivity index (χ3n) is 3.47. The van der Waals surface area contributed by atoms with Crippen molar-refractivity contribution < 1.29 is 38.0 Å². The molecule has 0 aliphatic rings. The summed E-state index contributed by atoms with van der Waals surface area (Å²) in [6.45, 7) is 1.89. The molecule has 0 aliphatic heterocycles. The van der Waals surface area contributed by atoms with Crippen LogP contribution >= 0.6 is 0 Å². The minimum absolute atomic E-state index is 0.00999. The van der Waals surface area contributed by atoms with Gasteiger partial charge in [0.2, 0.25) is 11.5 Å². The van der Waals surface area contributed by atoms with E-state index in [1.165, 1.54) is 41.6 Å². The van der Waals surface area contributed by atoms with E-state index in [2.05, 4.69) is 4.74 Å². The van der Waals surface area contributed by atoms with Gasteiger partial charge in [-0.25, -0.2) is 4.79 Å². The maximum Gasteiger partial charge on any atom is 0.330 e. The Labute approximate surface area is 159 Å². The maximum atomic E-state index is 11.2. The summed E-state index contributed by atoms with van der Waals surface area (Å²) in [5.41, 5.74) is 1.41. The van der Waals surface area contributed by atoms with Crippen LogP contribution in [0.25, 0.3) is 6.08 Å². The van der Waals surface area contributed by atoms with Crippen LogP contribution in [0.2, 0.25) is 0 Å². The molecule has 0 N–H and O–H groups in total. The van der Waals surface area contributed by atoms with Crippen molar-refractivity contribution in [2.45, 2.75) is 6.92 Å². The lowest BCUT2D eigenvalue weighted by Crippen LogP contribution is -2.08. The first-order chi connectivity index (χ1) is 13.0. The molecule has 27 heavy (non-hydrogen) atoms. The number of methoxy groups -OCH3 is 5. The molecule has 0 spiro atoms. The van der Waals surface area contributed by atoms with Crippen LogP contribution in [0.5, 0.6) is 23.0 Å². The summed E-state index contributed by atoms with van der Waals surface area (Å²) in [4.78, 5) is 11.2. The molecular weight excluding hydrogens is 356 g/mol. The fraction of sp³-hybridized carbons (Fsp3) is 0.421. The molecule has 0 fully saturated rings. The van der Waals surface area contributed by atoms with Crippen LogP contribution in [-0.2, 0) is 19.0 Å². The standard InChI is InChI=1S/C19H26O8/c1-13-14(9-7-8-10-15(20)23-4)17(27-12-22-3)19(25-6)18(24-5)16(13)26-11-21-2/h7-10H,11-12H2,1-6H3/b9-7+,10-8+. The molecule has 0 atom stereocenters. The van der Waals surface area contributed by atoms with Gasteiger partial charge in [-0.15, -0.1) is 0 Å². The molecule has 8 heteroatoms. The normalized spacial score (nSPS) is 11.0. The van der Waals surface area contributed by atoms with E-state index in [1.807, 2.05) is 6.92 Å². The van der Waals surface area contributed by atoms with Crippen LogP contribution in [0.1, 0.15) is 11.1 Å². The molecule has 0 saturated carbocycles. The van der Waals surface area contributed by atoms with E-state index in [9.17, 15) is 4.79 Å². The van der Waals surface area contributed by atoms with Crippen LogP contribution in [0.15, 0.2) is 18.2 Å². The molecule has 0 aromatic heterocycles. The average molecular weight is 382 g/mol. The highest BCUT2D eigenvalue weighted by Crippen LogP contribution is 2.50. The number of rotatable bonds is 11. The second-order valence-electron chi connectivity index (χ2n) is 5.11. The molecule has 0 heterocycles. The molecule has 1 aromatic carbocycles. The number of ether oxygens (including phenoxy) is 7. The minimum atomic E-state index is -0.455. The average Bonchev–Trinajstić information content (AvgIpc) is 2.68. The number of allylic oxidation sites excluding steroid dienone is 2. The summed E-state index contributed by atoms with van der Waals surface area (Å²) in [6, 6.07) is 0. The Hall–Kier alpha value is -2.71. The van der Waals surface area contributed by atoms with Gasteiger partial charge in [0.05, 0.1) is 21.3 Å². The predicted molar refractivity (Wildman–Crippen MR) is 99.5 cm³/mol. The second kappa shape index (κ2) is 11.8. The monoisotopic (exact) mass is 382 g/mol. The number of hydrogen-bond acceptors (Lipinski definition) is 8. The Morgan fingerprint density at radius 1 is 0.815 bits per heavy atom. The maximum absolute atomic E-state index is 11.2. The van der Waals surface area contributed by atoms with E-state index < -0.39 is 5.97 Å². The lowest BCUT2D eigenvalue weighted by atomic mass is 10.0. The summed E-state index contributed by atoms with van der Waals surface area (Å²) < 4.78 is 36.9. The van der Waals surface area contributed by atoms with Gasteiger partial charge in [0.1, 0.15) is 0 Å². The molecule has 0 saturated heterocycles. The van der Waals surface area contributed by atoms with Gasteiger partial charge in [-0.05, 0) is 6.92 Å². The van der Waals surface area contributed by atoms with E-state index in [0.717, 1.165) is 5.56 Å². The van der Waals surface area contributed by atoms with Crippen molar-refractivity contribution in [2.75, 3.05) is 49.1 Å². The first-order valence-electron chi connectivity index (χ1n) is 8.00. The fourth-order valence-corrected chi connectivity index (χ4v) is 2.27. The Morgan fingerprint density at radius 2 is 1.37 bits per heavy atom. The van der Waals surface area contributed by atoms with E-state index in [0.29, 0.717) is 28.6 Å². The Bertz CT molecular complexity index is 679. The van der Waals surface area contributed by atoms with Crippen molar-refractivity contribution in [3.63, 3.8) is 0 Å². The van der Waals surface area contributed by atoms with Crippen molar-refractivity contribution in [3.05, 3.63) is 29.4 Å². The largest absolute Gasteiger partial charge is 0.490 e. The predicted octanol–water partition coefficient (Wildman–Crippen LogP) is 2.72. The first-order valence-corrected chi connectivity index (χ1v) is 8.00. The van der Waals surface area contributed by atoms with Crippen molar-refractivity contribution in [1.29, 1.82) is 0 Å². The lowest BCUT2D eigenvalue weighted by Gasteiger charge is -2.21. The summed E-state index contributed by atoms with van der Waals surface area (Å²) in [5, 5.41) is 0. The Balaban J connectivity index is 3.51. The zero-order valence-electron chi connectivity index (χ0n) is 16.5. The Morgan fingerprint density at radius 3 is 1.89 bits per heavy atom. The van der Waals surface area contributed by atoms with Crippen molar-refractivity contribution >= 4 is 12.0 Å². The van der Waals surface area contributed by atoms with E-state index >= 15 is 0 Å². The fourth-order valence-electron chi connectivity index (χ4n) is 2.27. The van der Waals surface area contributed by atoms with Gasteiger partial charge >= 0.3 is 5.97 Å². The zero-order chi connectivity index (χ0) is 20.2. The van der Waals surface area contributed by atoms with Crippen LogP contribution < -0.4 is 18.9 Å². The Kier molecular flexibility index (Phi) is 9.78. The molecule has 1 rings (SSSR count). The van der Waals surface area contributed by atoms with Crippen LogP contribution in [0.3, 0.4) is 0 Å². The molecule has 0 radical (unpaired) electrons. The number of esters is 1. The topological polar surface area (TPSA) is 81.7 Å². The molecule has 150 valence electrons. The van der Waals surface area contributed by atoms with E-state index in [4.69, 9.17) is 28.4 Å². The van der Waals surface area contributed by atoms with Crippen molar-refractivity contribution in [3.8, 4) is 23.0 Å². The molecule has 0 unspecified atom stereocenters. The highest BCUT2D eigenvalue weighted by molar-refractivity contribution is 5.82. The van der Waals surface area contributed by atoms with Crippen LogP contribution in [0, 0.1) is 6.92 Å². The van der Waals surface area contributed by atoms with E-state index in [1.54, 1.807) is 18.2 Å². The van der Waals surface area contributed by atoms with Gasteiger partial charge in [-0.2, -0.15) is 0 Å². The number of hydrogen-bond donors (Lipinski definition) is 0. The summed E-state index contributed by atoms with van der Waals surface area (Å²) in [6.07, 6.45) is 6.27. The smallest absolute Gasteiger partial charge is 0.330 e. The lowest BCUT2D eigenvalue weighted by molar-refractivity contribution is -0.134. The number of benzene rings is 1. The molecular formula is C19H26O8. The SMILES string of the molecule is COCOc1c(C)c(/C=C/C=C/C(=O)OC)c(OCOC)c(OC)c1OC. The molecule has 8 nitrogen and oxygen atoms in total. The van der Waals surface area contributed by atoms with Gasteiger partial charge in [0.25, 0.3) is 0 Å². The third-order valence-corrected chi connectivity index (χ3v) is 3.47. The molecule has 0 amide bonds. The first kappa shape index (κ1) is 22.3.